The van der Waals surface area contributed by atoms with Gasteiger partial charge in [-0.3, -0.25) is 23.4 Å². The Kier molecular flexibility index (Phi) is 38.4. The molecule has 0 spiro atoms. The number of rotatable bonds is 42. The van der Waals surface area contributed by atoms with E-state index in [1.807, 2.05) is 0 Å². The third-order valence-electron chi connectivity index (χ3n) is 9.95. The van der Waals surface area contributed by atoms with Crippen LogP contribution in [0, 0.1) is 0 Å². The number of aliphatic hydroxyl groups excluding tert-OH is 3. The SMILES string of the molecule is CCCCCCCCCCCCCCCCCCCC(=O)O[C@H](COC(=O)CCC[C@@H](O)[C@H](O)/C=C/C=C/C=C\C=C\[C@H](O)CCCCC)COP(=O)(O)OC[C@H](N)C(=O)O. The normalized spacial score (nSPS) is 15.7. The molecule has 0 rings (SSSR count). The summed E-state index contributed by atoms with van der Waals surface area (Å²) in [6.45, 7) is 2.36. The fourth-order valence-electron chi connectivity index (χ4n) is 6.15. The van der Waals surface area contributed by atoms with Gasteiger partial charge in [0.05, 0.1) is 31.5 Å². The molecule has 0 saturated carbocycles. The average Bonchev–Trinajstić information content (AvgIpc) is 3.22. The zero-order valence-electron chi connectivity index (χ0n) is 37.3. The zero-order valence-corrected chi connectivity index (χ0v) is 38.2. The number of allylic oxidation sites excluding steroid dienone is 6. The van der Waals surface area contributed by atoms with E-state index in [-0.39, 0.29) is 25.7 Å². The van der Waals surface area contributed by atoms with E-state index in [2.05, 4.69) is 18.4 Å². The second-order valence-corrected chi connectivity index (χ2v) is 17.2. The Morgan fingerprint density at radius 2 is 1.03 bits per heavy atom. The number of phosphoric ester groups is 1. The Morgan fingerprint density at radius 3 is 1.57 bits per heavy atom. The number of unbranched alkanes of at least 4 members (excludes halogenated alkanes) is 18. The van der Waals surface area contributed by atoms with Crippen LogP contribution in [0.15, 0.2) is 48.6 Å². The number of nitrogens with two attached hydrogens (primary N) is 1. The van der Waals surface area contributed by atoms with Crippen molar-refractivity contribution in [1.82, 2.24) is 0 Å². The topological polar surface area (TPSA) is 232 Å². The van der Waals surface area contributed by atoms with Crippen molar-refractivity contribution in [3.05, 3.63) is 48.6 Å². The van der Waals surface area contributed by atoms with E-state index in [1.54, 1.807) is 42.5 Å². The minimum Gasteiger partial charge on any atom is -0.480 e. The largest absolute Gasteiger partial charge is 0.480 e. The van der Waals surface area contributed by atoms with E-state index in [0.29, 0.717) is 6.42 Å². The lowest BCUT2D eigenvalue weighted by Crippen LogP contribution is -2.34. The highest BCUT2D eigenvalue weighted by Crippen LogP contribution is 2.43. The van der Waals surface area contributed by atoms with Crippen LogP contribution in [-0.4, -0.2) is 93.5 Å². The van der Waals surface area contributed by atoms with Crippen LogP contribution in [0.5, 0.6) is 0 Å². The maximum atomic E-state index is 12.7. The zero-order chi connectivity index (χ0) is 45.4. The van der Waals surface area contributed by atoms with Gasteiger partial charge in [0.2, 0.25) is 0 Å². The second-order valence-electron chi connectivity index (χ2n) is 15.8. The molecule has 0 aliphatic rings. The molecule has 15 heteroatoms. The van der Waals surface area contributed by atoms with E-state index in [9.17, 15) is 39.2 Å². The molecule has 0 radical (unpaired) electrons. The summed E-state index contributed by atoms with van der Waals surface area (Å²) in [5.74, 6) is -2.75. The molecule has 0 fully saturated rings. The number of carboxylic acids is 1. The summed E-state index contributed by atoms with van der Waals surface area (Å²) in [5, 5.41) is 39.4. The minimum absolute atomic E-state index is 0.0833. The maximum absolute atomic E-state index is 12.7. The summed E-state index contributed by atoms with van der Waals surface area (Å²) in [4.78, 5) is 46.1. The first-order valence-electron chi connectivity index (χ1n) is 23.0. The van der Waals surface area contributed by atoms with E-state index in [1.165, 1.54) is 83.1 Å². The highest BCUT2D eigenvalue weighted by molar-refractivity contribution is 7.47. The number of hydrogen-bond acceptors (Lipinski definition) is 12. The summed E-state index contributed by atoms with van der Waals surface area (Å²) < 4.78 is 32.5. The summed E-state index contributed by atoms with van der Waals surface area (Å²) in [6.07, 6.45) is 34.0. The predicted molar refractivity (Wildman–Crippen MR) is 240 cm³/mol. The second kappa shape index (κ2) is 40.1. The van der Waals surface area contributed by atoms with Gasteiger partial charge in [0.1, 0.15) is 12.6 Å². The number of phosphoric acid groups is 1. The molecule has 0 aromatic rings. The van der Waals surface area contributed by atoms with Crippen molar-refractivity contribution >= 4 is 25.7 Å². The molecule has 1 unspecified atom stereocenters. The lowest BCUT2D eigenvalue weighted by molar-refractivity contribution is -0.161. The summed E-state index contributed by atoms with van der Waals surface area (Å²) in [5.41, 5.74) is 5.32. The van der Waals surface area contributed by atoms with Crippen LogP contribution in [0.2, 0.25) is 0 Å². The Bertz CT molecular complexity index is 1270. The van der Waals surface area contributed by atoms with Crippen molar-refractivity contribution in [2.24, 2.45) is 5.73 Å². The molecule has 0 bridgehead atoms. The highest BCUT2D eigenvalue weighted by atomic mass is 31.2. The molecule has 0 amide bonds. The fraction of sp³-hybridized carbons (Fsp3) is 0.761. The van der Waals surface area contributed by atoms with E-state index in [0.717, 1.165) is 51.4 Å². The summed E-state index contributed by atoms with van der Waals surface area (Å²) in [6, 6.07) is -1.57. The van der Waals surface area contributed by atoms with Gasteiger partial charge in [-0.1, -0.05) is 184 Å². The van der Waals surface area contributed by atoms with Crippen LogP contribution < -0.4 is 5.73 Å². The number of hydrogen-bond donors (Lipinski definition) is 6. The van der Waals surface area contributed by atoms with E-state index < -0.39 is 76.0 Å². The van der Waals surface area contributed by atoms with Gasteiger partial charge in [-0.05, 0) is 25.7 Å². The van der Waals surface area contributed by atoms with E-state index >= 15 is 0 Å². The van der Waals surface area contributed by atoms with Gasteiger partial charge in [-0.25, -0.2) is 4.57 Å². The number of carbonyl (C=O) groups excluding carboxylic acids is 2. The first-order valence-corrected chi connectivity index (χ1v) is 24.5. The molecular formula is C46H82NO13P. The fourth-order valence-corrected chi connectivity index (χ4v) is 6.93. The summed E-state index contributed by atoms with van der Waals surface area (Å²) in [7, 11) is -4.80. The number of aliphatic carboxylic acids is 1. The lowest BCUT2D eigenvalue weighted by atomic mass is 10.0. The van der Waals surface area contributed by atoms with Gasteiger partial charge in [0, 0.05) is 12.8 Å². The molecule has 0 aliphatic heterocycles. The third kappa shape index (κ3) is 38.7. The monoisotopic (exact) mass is 888 g/mol. The number of ether oxygens (including phenoxy) is 2. The highest BCUT2D eigenvalue weighted by Gasteiger charge is 2.28. The average molecular weight is 888 g/mol. The van der Waals surface area contributed by atoms with Crippen LogP contribution in [0.1, 0.15) is 174 Å². The molecule has 0 heterocycles. The van der Waals surface area contributed by atoms with Crippen LogP contribution in [0.4, 0.5) is 0 Å². The molecule has 354 valence electrons. The molecule has 0 saturated heterocycles. The van der Waals surface area contributed by atoms with Gasteiger partial charge in [-0.2, -0.15) is 0 Å². The summed E-state index contributed by atoms with van der Waals surface area (Å²) >= 11 is 0. The maximum Gasteiger partial charge on any atom is 0.472 e. The molecular weight excluding hydrogens is 805 g/mol. The third-order valence-corrected chi connectivity index (χ3v) is 10.9. The van der Waals surface area contributed by atoms with Crippen molar-refractivity contribution in [1.29, 1.82) is 0 Å². The van der Waals surface area contributed by atoms with Crippen molar-refractivity contribution in [2.75, 3.05) is 19.8 Å². The van der Waals surface area contributed by atoms with E-state index in [4.69, 9.17) is 24.8 Å². The standard InChI is InChI=1S/C46H82NO13P/c1-3-5-7-8-9-10-11-12-13-14-15-16-17-18-19-24-28-34-45(52)60-40(37-58-61(55,56)59-38-41(47)46(53)54)36-57-44(51)35-29-33-43(50)42(49)32-27-23-21-20-22-26-31-39(48)30-25-6-4-2/h20-23,26-27,31-32,39-43,48-50H,3-19,24-25,28-30,33-38,47H2,1-2H3,(H,53,54)(H,55,56)/b22-20-,23-21+,31-26+,32-27+/t39-,40-,41+,42-,43-/m1/s1. The molecule has 6 atom stereocenters. The van der Waals surface area contributed by atoms with Gasteiger partial charge >= 0.3 is 25.7 Å². The lowest BCUT2D eigenvalue weighted by Gasteiger charge is -2.20. The number of esters is 2. The Hall–Kier alpha value is -2.68. The molecule has 7 N–H and O–H groups in total. The predicted octanol–water partition coefficient (Wildman–Crippen LogP) is 9.09. The Labute approximate surface area is 366 Å². The van der Waals surface area contributed by atoms with Gasteiger partial charge < -0.3 is 40.5 Å². The van der Waals surface area contributed by atoms with Gasteiger partial charge in [0.15, 0.2) is 6.10 Å². The molecule has 61 heavy (non-hydrogen) atoms. The first-order chi connectivity index (χ1) is 29.3. The molecule has 14 nitrogen and oxygen atoms in total. The molecule has 0 aromatic carbocycles. The van der Waals surface area contributed by atoms with Crippen molar-refractivity contribution in [3.63, 3.8) is 0 Å². The van der Waals surface area contributed by atoms with Crippen molar-refractivity contribution in [3.8, 4) is 0 Å². The Balaban J connectivity index is 4.63. The van der Waals surface area contributed by atoms with Gasteiger partial charge in [-0.15, -0.1) is 0 Å². The molecule has 0 aliphatic carbocycles. The number of carbonyl (C=O) groups is 3. The van der Waals surface area contributed by atoms with Crippen LogP contribution in [0.3, 0.4) is 0 Å². The number of carboxylic acid groups (broad SMARTS) is 1. The van der Waals surface area contributed by atoms with Crippen molar-refractivity contribution in [2.45, 2.75) is 205 Å². The number of aliphatic hydroxyl groups is 3. The van der Waals surface area contributed by atoms with Crippen LogP contribution in [-0.2, 0) is 37.5 Å². The van der Waals surface area contributed by atoms with Crippen molar-refractivity contribution < 1.29 is 62.8 Å². The molecule has 0 aromatic heterocycles. The van der Waals surface area contributed by atoms with Crippen LogP contribution >= 0.6 is 7.82 Å². The van der Waals surface area contributed by atoms with Crippen LogP contribution in [0.25, 0.3) is 0 Å². The Morgan fingerprint density at radius 1 is 0.574 bits per heavy atom. The first kappa shape index (κ1) is 58.3. The smallest absolute Gasteiger partial charge is 0.472 e. The quantitative estimate of drug-likeness (QED) is 0.0145. The van der Waals surface area contributed by atoms with Gasteiger partial charge in [0.25, 0.3) is 0 Å². The minimum atomic E-state index is -4.80.